The SMILES string of the molecule is CN=C(NC)SCc1nc2scc(-c3ccc(F)cc3)c2c(=O)[nH]1. The number of rotatable bonds is 3. The van der Waals surface area contributed by atoms with Crippen molar-refractivity contribution >= 4 is 38.5 Å². The number of fused-ring (bicyclic) bond motifs is 1. The molecule has 3 rings (SSSR count). The monoisotopic (exact) mass is 362 g/mol. The zero-order valence-electron chi connectivity index (χ0n) is 13.1. The van der Waals surface area contributed by atoms with E-state index in [0.29, 0.717) is 21.8 Å². The summed E-state index contributed by atoms with van der Waals surface area (Å²) in [5.41, 5.74) is 1.39. The van der Waals surface area contributed by atoms with Gasteiger partial charge in [-0.1, -0.05) is 23.9 Å². The molecule has 2 aromatic heterocycles. The molecule has 0 bridgehead atoms. The smallest absolute Gasteiger partial charge is 0.260 e. The van der Waals surface area contributed by atoms with Gasteiger partial charge in [-0.15, -0.1) is 11.3 Å². The topological polar surface area (TPSA) is 70.1 Å². The number of hydrogen-bond donors (Lipinski definition) is 2. The lowest BCUT2D eigenvalue weighted by molar-refractivity contribution is 0.628. The minimum absolute atomic E-state index is 0.185. The van der Waals surface area contributed by atoms with Crippen molar-refractivity contribution in [1.82, 2.24) is 15.3 Å². The molecule has 0 saturated carbocycles. The number of benzene rings is 1. The average molecular weight is 362 g/mol. The Kier molecular flexibility index (Phi) is 4.96. The van der Waals surface area contributed by atoms with E-state index >= 15 is 0 Å². The summed E-state index contributed by atoms with van der Waals surface area (Å²) in [6.45, 7) is 0. The van der Waals surface area contributed by atoms with E-state index in [-0.39, 0.29) is 11.4 Å². The van der Waals surface area contributed by atoms with Crippen LogP contribution in [0, 0.1) is 5.82 Å². The number of halogens is 1. The van der Waals surface area contributed by atoms with Crippen LogP contribution in [0.5, 0.6) is 0 Å². The van der Waals surface area contributed by atoms with Crippen LogP contribution in [0.15, 0.2) is 39.4 Å². The maximum absolute atomic E-state index is 13.1. The molecule has 0 spiro atoms. The Morgan fingerprint density at radius 1 is 1.42 bits per heavy atom. The van der Waals surface area contributed by atoms with E-state index in [1.807, 2.05) is 5.38 Å². The normalized spacial score (nSPS) is 11.9. The second kappa shape index (κ2) is 7.14. The zero-order chi connectivity index (χ0) is 17.1. The van der Waals surface area contributed by atoms with Gasteiger partial charge < -0.3 is 10.3 Å². The number of nitrogens with one attached hydrogen (secondary N) is 2. The van der Waals surface area contributed by atoms with Crippen LogP contribution in [-0.4, -0.2) is 29.2 Å². The fraction of sp³-hybridized carbons (Fsp3) is 0.188. The summed E-state index contributed by atoms with van der Waals surface area (Å²) in [4.78, 5) is 24.6. The number of hydrogen-bond acceptors (Lipinski definition) is 5. The van der Waals surface area contributed by atoms with Gasteiger partial charge in [-0.05, 0) is 17.7 Å². The lowest BCUT2D eigenvalue weighted by Crippen LogP contribution is -2.16. The molecule has 5 nitrogen and oxygen atoms in total. The number of amidine groups is 1. The summed E-state index contributed by atoms with van der Waals surface area (Å²) in [6.07, 6.45) is 0. The van der Waals surface area contributed by atoms with Gasteiger partial charge in [-0.25, -0.2) is 9.37 Å². The van der Waals surface area contributed by atoms with Crippen LogP contribution in [0.25, 0.3) is 21.3 Å². The van der Waals surface area contributed by atoms with Crippen molar-refractivity contribution in [2.75, 3.05) is 14.1 Å². The Balaban J connectivity index is 1.97. The van der Waals surface area contributed by atoms with E-state index in [1.165, 1.54) is 35.2 Å². The van der Waals surface area contributed by atoms with Crippen molar-refractivity contribution < 1.29 is 4.39 Å². The first kappa shape index (κ1) is 16.7. The summed E-state index contributed by atoms with van der Waals surface area (Å²) in [5, 5.41) is 6.16. The quantitative estimate of drug-likeness (QED) is 0.554. The second-order valence-corrected chi connectivity index (χ2v) is 6.74. The molecule has 0 aliphatic heterocycles. The number of H-pyrrole nitrogens is 1. The zero-order valence-corrected chi connectivity index (χ0v) is 14.7. The maximum Gasteiger partial charge on any atom is 0.260 e. The fourth-order valence-electron chi connectivity index (χ4n) is 2.29. The molecule has 0 aliphatic carbocycles. The highest BCUT2D eigenvalue weighted by atomic mass is 32.2. The molecule has 0 atom stereocenters. The molecule has 0 aliphatic rings. The van der Waals surface area contributed by atoms with E-state index < -0.39 is 0 Å². The highest BCUT2D eigenvalue weighted by molar-refractivity contribution is 8.13. The molecule has 24 heavy (non-hydrogen) atoms. The van der Waals surface area contributed by atoms with Gasteiger partial charge in [0.2, 0.25) is 0 Å². The van der Waals surface area contributed by atoms with E-state index in [4.69, 9.17) is 0 Å². The number of thioether (sulfide) groups is 1. The largest absolute Gasteiger partial charge is 0.368 e. The Hall–Kier alpha value is -2.19. The summed E-state index contributed by atoms with van der Waals surface area (Å²) in [6, 6.07) is 6.09. The van der Waals surface area contributed by atoms with Crippen LogP contribution in [0.3, 0.4) is 0 Å². The Bertz CT molecular complexity index is 947. The minimum atomic E-state index is -0.303. The van der Waals surface area contributed by atoms with Crippen molar-refractivity contribution in [2.45, 2.75) is 5.75 Å². The first-order chi connectivity index (χ1) is 11.6. The van der Waals surface area contributed by atoms with Crippen LogP contribution < -0.4 is 10.9 Å². The number of aromatic nitrogens is 2. The van der Waals surface area contributed by atoms with Gasteiger partial charge in [-0.2, -0.15) is 0 Å². The summed E-state index contributed by atoms with van der Waals surface area (Å²) < 4.78 is 13.1. The second-order valence-electron chi connectivity index (χ2n) is 4.92. The van der Waals surface area contributed by atoms with E-state index in [2.05, 4.69) is 20.3 Å². The van der Waals surface area contributed by atoms with Crippen LogP contribution in [0.4, 0.5) is 4.39 Å². The third-order valence-electron chi connectivity index (χ3n) is 3.41. The molecule has 124 valence electrons. The molecular formula is C16H15FN4OS2. The maximum atomic E-state index is 13.1. The van der Waals surface area contributed by atoms with Gasteiger partial charge >= 0.3 is 0 Å². The molecule has 0 fully saturated rings. The highest BCUT2D eigenvalue weighted by Crippen LogP contribution is 2.31. The summed E-state index contributed by atoms with van der Waals surface area (Å²) >= 11 is 2.87. The van der Waals surface area contributed by atoms with Crippen LogP contribution >= 0.6 is 23.1 Å². The van der Waals surface area contributed by atoms with Crippen molar-refractivity contribution in [3.05, 3.63) is 51.6 Å². The third-order valence-corrected chi connectivity index (χ3v) is 5.36. The molecule has 1 aromatic carbocycles. The molecule has 0 saturated heterocycles. The minimum Gasteiger partial charge on any atom is -0.368 e. The molecule has 2 heterocycles. The third kappa shape index (κ3) is 3.34. The van der Waals surface area contributed by atoms with Crippen molar-refractivity contribution in [3.63, 3.8) is 0 Å². The molecule has 3 aromatic rings. The Morgan fingerprint density at radius 3 is 2.83 bits per heavy atom. The molecule has 2 N–H and O–H groups in total. The van der Waals surface area contributed by atoms with Gasteiger partial charge in [0.25, 0.3) is 5.56 Å². The predicted octanol–water partition coefficient (Wildman–Crippen LogP) is 3.23. The molecule has 0 radical (unpaired) electrons. The van der Waals surface area contributed by atoms with Gasteiger partial charge in [0.05, 0.1) is 11.1 Å². The van der Waals surface area contributed by atoms with E-state index in [9.17, 15) is 9.18 Å². The Labute approximate surface area is 146 Å². The number of aliphatic imine (C=N–C) groups is 1. The van der Waals surface area contributed by atoms with E-state index in [1.54, 1.807) is 26.2 Å². The fourth-order valence-corrected chi connectivity index (χ4v) is 3.94. The molecule has 0 unspecified atom stereocenters. The molecular weight excluding hydrogens is 347 g/mol. The molecule has 8 heteroatoms. The van der Waals surface area contributed by atoms with Crippen molar-refractivity contribution in [2.24, 2.45) is 4.99 Å². The summed E-state index contributed by atoms with van der Waals surface area (Å²) in [7, 11) is 3.50. The first-order valence-electron chi connectivity index (χ1n) is 7.16. The lowest BCUT2D eigenvalue weighted by Gasteiger charge is -2.04. The van der Waals surface area contributed by atoms with Gasteiger partial charge in [0.15, 0.2) is 5.17 Å². The average Bonchev–Trinajstić information content (AvgIpc) is 3.01. The van der Waals surface area contributed by atoms with Crippen LogP contribution in [-0.2, 0) is 5.75 Å². The van der Waals surface area contributed by atoms with Gasteiger partial charge in [-0.3, -0.25) is 9.79 Å². The first-order valence-corrected chi connectivity index (χ1v) is 9.02. The van der Waals surface area contributed by atoms with Gasteiger partial charge in [0, 0.05) is 25.0 Å². The van der Waals surface area contributed by atoms with Crippen LogP contribution in [0.2, 0.25) is 0 Å². The Morgan fingerprint density at radius 2 is 2.17 bits per heavy atom. The highest BCUT2D eigenvalue weighted by Gasteiger charge is 2.13. The number of aromatic amines is 1. The summed E-state index contributed by atoms with van der Waals surface area (Å²) in [5.74, 6) is 0.812. The van der Waals surface area contributed by atoms with Crippen molar-refractivity contribution in [1.29, 1.82) is 0 Å². The number of nitrogens with zero attached hydrogens (tertiary/aromatic N) is 2. The molecule has 0 amide bonds. The van der Waals surface area contributed by atoms with Crippen molar-refractivity contribution in [3.8, 4) is 11.1 Å². The predicted molar refractivity (Wildman–Crippen MR) is 99.3 cm³/mol. The van der Waals surface area contributed by atoms with Crippen LogP contribution in [0.1, 0.15) is 5.82 Å². The lowest BCUT2D eigenvalue weighted by atomic mass is 10.1. The van der Waals surface area contributed by atoms with Gasteiger partial charge in [0.1, 0.15) is 16.5 Å². The standard InChI is InChI=1S/C16H15FN4OS2/c1-18-16(19-2)24-8-12-20-14(22)13-11(7-23-15(13)21-12)9-3-5-10(17)6-4-9/h3-7H,8H2,1-2H3,(H,18,19)(H,20,21,22). The number of thiophene rings is 1. The van der Waals surface area contributed by atoms with E-state index in [0.717, 1.165) is 16.3 Å².